The van der Waals surface area contributed by atoms with Crippen LogP contribution in [0.15, 0.2) is 36.4 Å². The van der Waals surface area contributed by atoms with Gasteiger partial charge in [-0.3, -0.25) is 0 Å². The van der Waals surface area contributed by atoms with E-state index in [2.05, 4.69) is 0 Å². The third-order valence-electron chi connectivity index (χ3n) is 12.7. The lowest BCUT2D eigenvalue weighted by Gasteiger charge is -2.45. The Morgan fingerprint density at radius 1 is 0.583 bits per heavy atom. The predicted molar refractivity (Wildman–Crippen MR) is 225 cm³/mol. The predicted octanol–water partition coefficient (Wildman–Crippen LogP) is -8.48. The summed E-state index contributed by atoms with van der Waals surface area (Å²) >= 11 is 0. The van der Waals surface area contributed by atoms with Crippen molar-refractivity contribution < 1.29 is 143 Å². The molecule has 0 radical (unpaired) electrons. The molecule has 0 aliphatic carbocycles. The number of aliphatic hydroxyl groups is 16. The van der Waals surface area contributed by atoms with Crippen molar-refractivity contribution in [3.63, 3.8) is 0 Å². The average Bonchev–Trinajstić information content (AvgIpc) is 3.67. The maximum Gasteiger partial charge on any atom is 0.346 e. The molecule has 5 saturated heterocycles. The topological polar surface area (TPSA) is 452 Å². The van der Waals surface area contributed by atoms with Crippen LogP contribution < -0.4 is 18.9 Å². The molecule has 0 saturated carbocycles. The number of hydrogen-bond donors (Lipinski definition) is 16. The van der Waals surface area contributed by atoms with E-state index in [9.17, 15) is 86.5 Å². The number of carbonyl (C=O) groups excluding carboxylic acids is 1. The third-order valence-corrected chi connectivity index (χ3v) is 12.7. The molecule has 2 aromatic rings. The summed E-state index contributed by atoms with van der Waals surface area (Å²) in [5, 5.41) is 168. The Balaban J connectivity index is 1.25. The van der Waals surface area contributed by atoms with Gasteiger partial charge in [0.25, 0.3) is 0 Å². The molecular formula is C43H60O29. The number of rotatable bonds is 18. The lowest BCUT2D eigenvalue weighted by atomic mass is 9.97. The van der Waals surface area contributed by atoms with Crippen molar-refractivity contribution in [2.75, 3.05) is 46.8 Å². The fraction of sp³-hybridized carbons (Fsp3) is 0.698. The van der Waals surface area contributed by atoms with Gasteiger partial charge in [-0.15, -0.1) is 0 Å². The van der Waals surface area contributed by atoms with E-state index in [0.717, 1.165) is 19.2 Å². The highest BCUT2D eigenvalue weighted by atomic mass is 16.8. The Morgan fingerprint density at radius 3 is 1.79 bits per heavy atom. The molecule has 22 atom stereocenters. The van der Waals surface area contributed by atoms with Gasteiger partial charge in [0.05, 0.1) is 46.8 Å². The highest BCUT2D eigenvalue weighted by Gasteiger charge is 2.55. The minimum atomic E-state index is -2.21. The van der Waals surface area contributed by atoms with E-state index >= 15 is 0 Å². The minimum Gasteiger partial charge on any atom is -0.496 e. The summed E-state index contributed by atoms with van der Waals surface area (Å²) in [4.78, 5) is 14.5. The molecule has 7 rings (SSSR count). The number of ether oxygens (including phenoxy) is 12. The molecule has 0 unspecified atom stereocenters. The smallest absolute Gasteiger partial charge is 0.346 e. The molecule has 5 aliphatic rings. The van der Waals surface area contributed by atoms with Crippen molar-refractivity contribution in [2.45, 2.75) is 141 Å². The summed E-state index contributed by atoms with van der Waals surface area (Å²) in [6.45, 7) is -5.56. The van der Waals surface area contributed by atoms with Crippen LogP contribution in [0.5, 0.6) is 23.0 Å². The van der Waals surface area contributed by atoms with E-state index in [4.69, 9.17) is 56.8 Å². The van der Waals surface area contributed by atoms with Crippen LogP contribution in [0.4, 0.5) is 0 Å². The zero-order valence-electron chi connectivity index (χ0n) is 38.0. The first-order valence-corrected chi connectivity index (χ1v) is 22.4. The van der Waals surface area contributed by atoms with E-state index < -0.39 is 204 Å². The Kier molecular flexibility index (Phi) is 18.5. The highest BCUT2D eigenvalue weighted by Crippen LogP contribution is 2.43. The van der Waals surface area contributed by atoms with Crippen LogP contribution in [-0.4, -0.2) is 269 Å². The fourth-order valence-corrected chi connectivity index (χ4v) is 8.33. The first kappa shape index (κ1) is 55.9. The van der Waals surface area contributed by atoms with E-state index in [-0.39, 0.29) is 17.1 Å². The molecule has 0 bridgehead atoms. The SMILES string of the molecule is COc1ccc(O[C@@H]2O[C@H](CO)[C@@H](O)[C@H](O[C@@H]3OC[C@](O)(CO)[C@H]3O)[C@H]2O)c(O[C@@H]2O[C@H](CO)[C@@H](O)[C@H](O)[C@H]2O[C@@H]2OC[C@H](O)[C@H](O)[C@H]2O)c1C(=O)OCc1ccccc1O[C@@H]1O[C@H](CO)[C@@H](O)[C@H](O)[C@H]1O. The third kappa shape index (κ3) is 11.4. The monoisotopic (exact) mass is 1040 g/mol. The Morgan fingerprint density at radius 2 is 1.15 bits per heavy atom. The van der Waals surface area contributed by atoms with Crippen molar-refractivity contribution in [3.05, 3.63) is 47.5 Å². The van der Waals surface area contributed by atoms with Gasteiger partial charge in [-0.25, -0.2) is 4.79 Å². The second kappa shape index (κ2) is 23.8. The minimum absolute atomic E-state index is 0.0875. The average molecular weight is 1040 g/mol. The molecule has 0 amide bonds. The van der Waals surface area contributed by atoms with Crippen molar-refractivity contribution >= 4 is 5.97 Å². The number of methoxy groups -OCH3 is 1. The van der Waals surface area contributed by atoms with Crippen LogP contribution in [0.2, 0.25) is 0 Å². The van der Waals surface area contributed by atoms with E-state index in [1.807, 2.05) is 0 Å². The quantitative estimate of drug-likeness (QED) is 0.0617. The van der Waals surface area contributed by atoms with Gasteiger partial charge in [0.2, 0.25) is 18.9 Å². The van der Waals surface area contributed by atoms with E-state index in [0.29, 0.717) is 0 Å². The Bertz CT molecular complexity index is 2080. The molecule has 16 N–H and O–H groups in total. The molecule has 5 heterocycles. The van der Waals surface area contributed by atoms with Gasteiger partial charge in [-0.1, -0.05) is 18.2 Å². The van der Waals surface area contributed by atoms with Gasteiger partial charge in [0, 0.05) is 5.56 Å². The number of benzene rings is 2. The standard InChI is InChI=1S/C43H60O29/c1-61-18-6-7-19(66-40-32(57)34(27(52)22(10-46)68-40)71-42-36(58)43(60,13-47)14-64-42)33(70-41-35(29(54)26(51)21(9-45)69-41)72-38-30(55)24(49)16(48)12-63-38)23(18)37(59)62-11-15-4-2-3-5-17(15)65-39-31(56)28(53)25(50)20(8-44)67-39/h2-7,16,20-22,24-32,34-36,38-42,44-58,60H,8-14H2,1H3/t16-,20+,21+,22+,24-,25+,26+,27+,28-,29-,30+,31+,32+,34-,35+,36-,38-,39+,40+,41-,42-,43+/m0/s1. The van der Waals surface area contributed by atoms with Crippen LogP contribution in [0.1, 0.15) is 15.9 Å². The molecule has 0 aromatic heterocycles. The summed E-state index contributed by atoms with van der Waals surface area (Å²) in [6.07, 6.45) is -38.6. The summed E-state index contributed by atoms with van der Waals surface area (Å²) in [6, 6.07) is 8.01. The Hall–Kier alpha value is -3.81. The van der Waals surface area contributed by atoms with Crippen LogP contribution in [0.3, 0.4) is 0 Å². The van der Waals surface area contributed by atoms with Gasteiger partial charge in [-0.2, -0.15) is 0 Å². The summed E-state index contributed by atoms with van der Waals surface area (Å²) in [5.74, 6) is -3.12. The molecule has 5 fully saturated rings. The number of hydrogen-bond acceptors (Lipinski definition) is 29. The second-order valence-corrected chi connectivity index (χ2v) is 17.5. The van der Waals surface area contributed by atoms with Crippen molar-refractivity contribution in [1.82, 2.24) is 0 Å². The lowest BCUT2D eigenvalue weighted by Crippen LogP contribution is -2.64. The number of aliphatic hydroxyl groups excluding tert-OH is 15. The van der Waals surface area contributed by atoms with Crippen molar-refractivity contribution in [1.29, 1.82) is 0 Å². The van der Waals surface area contributed by atoms with Crippen LogP contribution in [0, 0.1) is 0 Å². The number of esters is 1. The highest BCUT2D eigenvalue weighted by molar-refractivity contribution is 5.96. The lowest BCUT2D eigenvalue weighted by molar-refractivity contribution is -0.345. The van der Waals surface area contributed by atoms with Gasteiger partial charge in [0.1, 0.15) is 121 Å². The van der Waals surface area contributed by atoms with Gasteiger partial charge in [0.15, 0.2) is 30.2 Å². The normalized spacial score (nSPS) is 41.4. The van der Waals surface area contributed by atoms with Crippen molar-refractivity contribution in [3.8, 4) is 23.0 Å². The summed E-state index contributed by atoms with van der Waals surface area (Å²) in [7, 11) is 1.12. The molecule has 5 aliphatic heterocycles. The van der Waals surface area contributed by atoms with Crippen LogP contribution in [0.25, 0.3) is 0 Å². The van der Waals surface area contributed by atoms with Crippen LogP contribution in [-0.2, 0) is 44.5 Å². The maximum atomic E-state index is 14.5. The largest absolute Gasteiger partial charge is 0.496 e. The molecule has 29 heteroatoms. The number of para-hydroxylation sites is 1. The molecule has 72 heavy (non-hydrogen) atoms. The van der Waals surface area contributed by atoms with E-state index in [1.54, 1.807) is 0 Å². The first-order chi connectivity index (χ1) is 34.3. The van der Waals surface area contributed by atoms with Gasteiger partial charge < -0.3 is 139 Å². The Labute approximate surface area is 407 Å². The van der Waals surface area contributed by atoms with Crippen molar-refractivity contribution in [2.24, 2.45) is 0 Å². The maximum absolute atomic E-state index is 14.5. The zero-order chi connectivity index (χ0) is 52.3. The summed E-state index contributed by atoms with van der Waals surface area (Å²) in [5.41, 5.74) is -2.79. The molecule has 406 valence electrons. The first-order valence-electron chi connectivity index (χ1n) is 22.4. The second-order valence-electron chi connectivity index (χ2n) is 17.5. The molecular weight excluding hydrogens is 980 g/mol. The van der Waals surface area contributed by atoms with Gasteiger partial charge in [-0.05, 0) is 18.2 Å². The van der Waals surface area contributed by atoms with Gasteiger partial charge >= 0.3 is 5.97 Å². The molecule has 2 aromatic carbocycles. The number of carbonyl (C=O) groups is 1. The zero-order valence-corrected chi connectivity index (χ0v) is 38.0. The van der Waals surface area contributed by atoms with Crippen LogP contribution >= 0.6 is 0 Å². The summed E-state index contributed by atoms with van der Waals surface area (Å²) < 4.78 is 68.4. The van der Waals surface area contributed by atoms with E-state index in [1.165, 1.54) is 24.3 Å². The molecule has 0 spiro atoms. The fourth-order valence-electron chi connectivity index (χ4n) is 8.33. The molecule has 29 nitrogen and oxygen atoms in total.